The maximum atomic E-state index is 11.9. The Bertz CT molecular complexity index is 730. The summed E-state index contributed by atoms with van der Waals surface area (Å²) in [5.41, 5.74) is 2.36. The summed E-state index contributed by atoms with van der Waals surface area (Å²) in [5, 5.41) is 14.1. The standard InChI is InChI=1S/C17H15N3O2/c1-12-6-8-13(9-7-12)17(22)19-11-16(21)20-15-5-3-2-4-14(15)10-18/h2-9H,11H2,1H3,(H,19,22)(H,20,21). The molecule has 0 aromatic heterocycles. The predicted octanol–water partition coefficient (Wildman–Crippen LogP) is 2.24. The van der Waals surface area contributed by atoms with Crippen LogP contribution in [0.2, 0.25) is 0 Å². The first-order chi connectivity index (χ1) is 10.6. The van der Waals surface area contributed by atoms with E-state index in [1.54, 1.807) is 36.4 Å². The van der Waals surface area contributed by atoms with Crippen molar-refractivity contribution in [2.75, 3.05) is 11.9 Å². The quantitative estimate of drug-likeness (QED) is 0.907. The van der Waals surface area contributed by atoms with E-state index in [9.17, 15) is 9.59 Å². The van der Waals surface area contributed by atoms with Gasteiger partial charge in [-0.1, -0.05) is 29.8 Å². The fourth-order valence-electron chi connectivity index (χ4n) is 1.85. The Morgan fingerprint density at radius 1 is 1.09 bits per heavy atom. The van der Waals surface area contributed by atoms with Crippen molar-refractivity contribution in [3.63, 3.8) is 0 Å². The monoisotopic (exact) mass is 293 g/mol. The molecule has 0 aliphatic carbocycles. The molecule has 0 aliphatic rings. The number of hydrogen-bond donors (Lipinski definition) is 2. The Hall–Kier alpha value is -3.13. The van der Waals surface area contributed by atoms with Gasteiger partial charge >= 0.3 is 0 Å². The summed E-state index contributed by atoms with van der Waals surface area (Å²) >= 11 is 0. The fourth-order valence-corrected chi connectivity index (χ4v) is 1.85. The second-order valence-corrected chi connectivity index (χ2v) is 4.75. The Labute approximate surface area is 128 Å². The van der Waals surface area contributed by atoms with Crippen LogP contribution in [0.15, 0.2) is 48.5 Å². The highest BCUT2D eigenvalue weighted by Crippen LogP contribution is 2.13. The molecule has 0 aliphatic heterocycles. The van der Waals surface area contributed by atoms with Gasteiger partial charge in [-0.15, -0.1) is 0 Å². The number of rotatable bonds is 4. The molecular weight excluding hydrogens is 278 g/mol. The maximum absolute atomic E-state index is 11.9. The molecule has 0 fully saturated rings. The molecular formula is C17H15N3O2. The van der Waals surface area contributed by atoms with Gasteiger partial charge in [-0.25, -0.2) is 0 Å². The molecule has 110 valence electrons. The van der Waals surface area contributed by atoms with E-state index in [-0.39, 0.29) is 18.4 Å². The Balaban J connectivity index is 1.91. The maximum Gasteiger partial charge on any atom is 0.251 e. The van der Waals surface area contributed by atoms with Crippen LogP contribution in [-0.4, -0.2) is 18.4 Å². The second-order valence-electron chi connectivity index (χ2n) is 4.75. The van der Waals surface area contributed by atoms with Crippen LogP contribution in [0, 0.1) is 18.3 Å². The molecule has 0 saturated carbocycles. The van der Waals surface area contributed by atoms with Crippen LogP contribution in [-0.2, 0) is 4.79 Å². The van der Waals surface area contributed by atoms with Crippen molar-refractivity contribution >= 4 is 17.5 Å². The highest BCUT2D eigenvalue weighted by atomic mass is 16.2. The van der Waals surface area contributed by atoms with Gasteiger partial charge in [0.25, 0.3) is 5.91 Å². The van der Waals surface area contributed by atoms with Crippen molar-refractivity contribution < 1.29 is 9.59 Å². The number of nitriles is 1. The molecule has 2 aromatic carbocycles. The Morgan fingerprint density at radius 2 is 1.77 bits per heavy atom. The lowest BCUT2D eigenvalue weighted by molar-refractivity contribution is -0.115. The molecule has 0 radical (unpaired) electrons. The summed E-state index contributed by atoms with van der Waals surface area (Å²) in [5.74, 6) is -0.702. The number of nitrogens with one attached hydrogen (secondary N) is 2. The first kappa shape index (κ1) is 15.3. The lowest BCUT2D eigenvalue weighted by Gasteiger charge is -2.08. The van der Waals surface area contributed by atoms with Crippen LogP contribution < -0.4 is 10.6 Å². The fraction of sp³-hybridized carbons (Fsp3) is 0.118. The van der Waals surface area contributed by atoms with E-state index in [1.807, 2.05) is 25.1 Å². The number of para-hydroxylation sites is 1. The number of amides is 2. The van der Waals surface area contributed by atoms with E-state index in [0.29, 0.717) is 16.8 Å². The molecule has 0 saturated heterocycles. The van der Waals surface area contributed by atoms with E-state index in [0.717, 1.165) is 5.56 Å². The summed E-state index contributed by atoms with van der Waals surface area (Å²) in [6, 6.07) is 15.7. The minimum absolute atomic E-state index is 0.160. The number of benzene rings is 2. The third kappa shape index (κ3) is 3.93. The Kier molecular flexibility index (Phi) is 4.89. The van der Waals surface area contributed by atoms with Gasteiger partial charge in [-0.3, -0.25) is 9.59 Å². The number of carbonyl (C=O) groups excluding carboxylic acids is 2. The van der Waals surface area contributed by atoms with Gasteiger partial charge in [0.2, 0.25) is 5.91 Å². The van der Waals surface area contributed by atoms with Crippen molar-refractivity contribution in [1.29, 1.82) is 5.26 Å². The van der Waals surface area contributed by atoms with Gasteiger partial charge in [0.05, 0.1) is 17.8 Å². The molecule has 0 heterocycles. The number of aryl methyl sites for hydroxylation is 1. The zero-order chi connectivity index (χ0) is 15.9. The molecule has 0 atom stereocenters. The van der Waals surface area contributed by atoms with Crippen LogP contribution in [0.3, 0.4) is 0 Å². The largest absolute Gasteiger partial charge is 0.343 e. The van der Waals surface area contributed by atoms with Crippen molar-refractivity contribution in [2.24, 2.45) is 0 Å². The van der Waals surface area contributed by atoms with E-state index >= 15 is 0 Å². The Morgan fingerprint density at radius 3 is 2.45 bits per heavy atom. The average molecular weight is 293 g/mol. The molecule has 2 aromatic rings. The first-order valence-electron chi connectivity index (χ1n) is 6.74. The van der Waals surface area contributed by atoms with Gasteiger partial charge in [-0.05, 0) is 31.2 Å². The van der Waals surface area contributed by atoms with Crippen LogP contribution in [0.25, 0.3) is 0 Å². The lowest BCUT2D eigenvalue weighted by atomic mass is 10.1. The molecule has 2 rings (SSSR count). The van der Waals surface area contributed by atoms with Crippen LogP contribution in [0.1, 0.15) is 21.5 Å². The third-order valence-corrected chi connectivity index (χ3v) is 3.04. The van der Waals surface area contributed by atoms with Gasteiger partial charge in [0, 0.05) is 5.56 Å². The molecule has 5 nitrogen and oxygen atoms in total. The van der Waals surface area contributed by atoms with Gasteiger partial charge in [0.15, 0.2) is 0 Å². The molecule has 22 heavy (non-hydrogen) atoms. The number of hydrogen-bond acceptors (Lipinski definition) is 3. The summed E-state index contributed by atoms with van der Waals surface area (Å²) in [6.07, 6.45) is 0. The number of anilines is 1. The summed E-state index contributed by atoms with van der Waals surface area (Å²) in [6.45, 7) is 1.77. The molecule has 0 spiro atoms. The molecule has 2 N–H and O–H groups in total. The minimum atomic E-state index is -0.386. The van der Waals surface area contributed by atoms with E-state index < -0.39 is 0 Å². The molecule has 0 bridgehead atoms. The second kappa shape index (κ2) is 7.04. The summed E-state index contributed by atoms with van der Waals surface area (Å²) in [4.78, 5) is 23.7. The number of carbonyl (C=O) groups is 2. The van der Waals surface area contributed by atoms with E-state index in [1.165, 1.54) is 0 Å². The molecule has 0 unspecified atom stereocenters. The topological polar surface area (TPSA) is 82.0 Å². The number of nitrogens with zero attached hydrogens (tertiary/aromatic N) is 1. The highest BCUT2D eigenvalue weighted by molar-refractivity contribution is 5.99. The van der Waals surface area contributed by atoms with Crippen LogP contribution in [0.5, 0.6) is 0 Å². The summed E-state index contributed by atoms with van der Waals surface area (Å²) in [7, 11) is 0. The van der Waals surface area contributed by atoms with Crippen molar-refractivity contribution in [2.45, 2.75) is 6.92 Å². The highest BCUT2D eigenvalue weighted by Gasteiger charge is 2.09. The SMILES string of the molecule is Cc1ccc(C(=O)NCC(=O)Nc2ccccc2C#N)cc1. The van der Waals surface area contributed by atoms with Crippen LogP contribution >= 0.6 is 0 Å². The van der Waals surface area contributed by atoms with Crippen molar-refractivity contribution in [3.05, 3.63) is 65.2 Å². The van der Waals surface area contributed by atoms with E-state index in [4.69, 9.17) is 5.26 Å². The summed E-state index contributed by atoms with van der Waals surface area (Å²) < 4.78 is 0. The lowest BCUT2D eigenvalue weighted by Crippen LogP contribution is -2.33. The van der Waals surface area contributed by atoms with Crippen molar-refractivity contribution in [1.82, 2.24) is 5.32 Å². The zero-order valence-electron chi connectivity index (χ0n) is 12.1. The molecule has 2 amide bonds. The van der Waals surface area contributed by atoms with Gasteiger partial charge < -0.3 is 10.6 Å². The smallest absolute Gasteiger partial charge is 0.251 e. The van der Waals surface area contributed by atoms with E-state index in [2.05, 4.69) is 10.6 Å². The molecule has 5 heteroatoms. The predicted molar refractivity (Wildman–Crippen MR) is 83.3 cm³/mol. The van der Waals surface area contributed by atoms with Gasteiger partial charge in [0.1, 0.15) is 6.07 Å². The first-order valence-corrected chi connectivity index (χ1v) is 6.74. The third-order valence-electron chi connectivity index (χ3n) is 3.04. The average Bonchev–Trinajstić information content (AvgIpc) is 2.54. The van der Waals surface area contributed by atoms with Crippen LogP contribution in [0.4, 0.5) is 5.69 Å². The zero-order valence-corrected chi connectivity index (χ0v) is 12.1. The van der Waals surface area contributed by atoms with Gasteiger partial charge in [-0.2, -0.15) is 5.26 Å². The van der Waals surface area contributed by atoms with Crippen molar-refractivity contribution in [3.8, 4) is 6.07 Å². The minimum Gasteiger partial charge on any atom is -0.343 e. The normalized spacial score (nSPS) is 9.64.